The molecular weight excluding hydrogens is 306 g/mol. The van der Waals surface area contributed by atoms with Crippen LogP contribution in [-0.4, -0.2) is 28.8 Å². The van der Waals surface area contributed by atoms with E-state index in [1.54, 1.807) is 0 Å². The van der Waals surface area contributed by atoms with Gasteiger partial charge < -0.3 is 4.90 Å². The van der Waals surface area contributed by atoms with Crippen molar-refractivity contribution < 1.29 is 0 Å². The highest BCUT2D eigenvalue weighted by Gasteiger charge is 2.23. The molecule has 0 amide bonds. The molecule has 0 bridgehead atoms. The van der Waals surface area contributed by atoms with Gasteiger partial charge in [-0.05, 0) is 17.7 Å². The van der Waals surface area contributed by atoms with Gasteiger partial charge >= 0.3 is 0 Å². The molecular formula is C18H17N3OS. The number of thioether (sulfide) groups is 1. The quantitative estimate of drug-likeness (QED) is 0.787. The summed E-state index contributed by atoms with van der Waals surface area (Å²) >= 11 is 1.96. The third-order valence-electron chi connectivity index (χ3n) is 4.14. The summed E-state index contributed by atoms with van der Waals surface area (Å²) < 4.78 is 0. The smallest absolute Gasteiger partial charge is 0.260 e. The van der Waals surface area contributed by atoms with E-state index in [1.807, 2.05) is 42.1 Å². The Balaban J connectivity index is 1.66. The summed E-state index contributed by atoms with van der Waals surface area (Å²) in [5.41, 5.74) is 2.01. The Morgan fingerprint density at radius 1 is 1.09 bits per heavy atom. The van der Waals surface area contributed by atoms with E-state index >= 15 is 0 Å². The third-order valence-corrected chi connectivity index (χ3v) is 5.38. The van der Waals surface area contributed by atoms with E-state index in [1.165, 1.54) is 5.56 Å². The molecule has 5 heteroatoms. The van der Waals surface area contributed by atoms with E-state index in [4.69, 9.17) is 0 Å². The number of fused-ring (bicyclic) bond motifs is 1. The van der Waals surface area contributed by atoms with Crippen LogP contribution in [0.15, 0.2) is 59.4 Å². The van der Waals surface area contributed by atoms with Gasteiger partial charge in [-0.3, -0.25) is 9.78 Å². The molecule has 2 aromatic carbocycles. The Morgan fingerprint density at radius 3 is 2.74 bits per heavy atom. The highest BCUT2D eigenvalue weighted by molar-refractivity contribution is 7.99. The molecule has 1 fully saturated rings. The van der Waals surface area contributed by atoms with Crippen LogP contribution < -0.4 is 10.5 Å². The van der Waals surface area contributed by atoms with Gasteiger partial charge in [0.05, 0.1) is 10.9 Å². The Morgan fingerprint density at radius 2 is 1.87 bits per heavy atom. The maximum absolute atomic E-state index is 12.3. The normalized spacial score (nSPS) is 18.3. The van der Waals surface area contributed by atoms with Gasteiger partial charge in [-0.1, -0.05) is 42.5 Å². The van der Waals surface area contributed by atoms with Crippen molar-refractivity contribution in [1.29, 1.82) is 0 Å². The zero-order valence-corrected chi connectivity index (χ0v) is 13.4. The molecule has 1 atom stereocenters. The van der Waals surface area contributed by atoms with Gasteiger partial charge in [0.25, 0.3) is 5.56 Å². The summed E-state index contributed by atoms with van der Waals surface area (Å²) in [6.45, 7) is 1.76. The van der Waals surface area contributed by atoms with Crippen molar-refractivity contribution in [2.75, 3.05) is 23.7 Å². The fourth-order valence-electron chi connectivity index (χ4n) is 2.93. The van der Waals surface area contributed by atoms with Crippen molar-refractivity contribution in [2.24, 2.45) is 0 Å². The van der Waals surface area contributed by atoms with Crippen molar-refractivity contribution in [3.05, 3.63) is 70.5 Å². The lowest BCUT2D eigenvalue weighted by atomic mass is 10.1. The van der Waals surface area contributed by atoms with Crippen molar-refractivity contribution in [3.63, 3.8) is 0 Å². The minimum atomic E-state index is -0.0694. The topological polar surface area (TPSA) is 49.0 Å². The molecule has 4 nitrogen and oxygen atoms in total. The lowest BCUT2D eigenvalue weighted by molar-refractivity contribution is 0.749. The lowest BCUT2D eigenvalue weighted by Crippen LogP contribution is -2.36. The Kier molecular flexibility index (Phi) is 3.79. The Bertz CT molecular complexity index is 878. The van der Waals surface area contributed by atoms with Crippen LogP contribution in [0.4, 0.5) is 5.95 Å². The summed E-state index contributed by atoms with van der Waals surface area (Å²) in [4.78, 5) is 22.0. The number of aromatic nitrogens is 2. The third kappa shape index (κ3) is 2.84. The molecule has 4 rings (SSSR count). The second-order valence-corrected chi connectivity index (χ2v) is 6.93. The maximum Gasteiger partial charge on any atom is 0.260 e. The number of rotatable bonds is 2. The molecule has 116 valence electrons. The molecule has 0 saturated carbocycles. The molecule has 1 aliphatic heterocycles. The molecule has 23 heavy (non-hydrogen) atoms. The maximum atomic E-state index is 12.3. The monoisotopic (exact) mass is 323 g/mol. The molecule has 2 heterocycles. The fraction of sp³-hybridized carbons (Fsp3) is 0.222. The number of benzene rings is 2. The molecule has 1 aliphatic rings. The van der Waals surface area contributed by atoms with Crippen LogP contribution in [-0.2, 0) is 0 Å². The molecule has 0 radical (unpaired) electrons. The Labute approximate surface area is 138 Å². The van der Waals surface area contributed by atoms with Gasteiger partial charge in [-0.15, -0.1) is 0 Å². The molecule has 0 unspecified atom stereocenters. The first-order chi connectivity index (χ1) is 11.3. The van der Waals surface area contributed by atoms with Crippen molar-refractivity contribution in [2.45, 2.75) is 5.25 Å². The number of nitrogens with zero attached hydrogens (tertiary/aromatic N) is 2. The average Bonchev–Trinajstić information content (AvgIpc) is 2.62. The molecule has 0 aliphatic carbocycles. The minimum absolute atomic E-state index is 0.0694. The second kappa shape index (κ2) is 6.08. The first kappa shape index (κ1) is 14.3. The SMILES string of the molecule is O=c1[nH]c(N2CCS[C@H](c3ccccc3)C2)nc2ccccc12. The Hall–Kier alpha value is -2.27. The number of hydrogen-bond acceptors (Lipinski definition) is 4. The zero-order chi connectivity index (χ0) is 15.6. The van der Waals surface area contributed by atoms with Crippen LogP contribution in [0, 0.1) is 0 Å². The van der Waals surface area contributed by atoms with Crippen LogP contribution >= 0.6 is 11.8 Å². The van der Waals surface area contributed by atoms with Crippen LogP contribution in [0.5, 0.6) is 0 Å². The summed E-state index contributed by atoms with van der Waals surface area (Å²) in [6.07, 6.45) is 0. The number of aromatic amines is 1. The van der Waals surface area contributed by atoms with Gasteiger partial charge in [0, 0.05) is 24.1 Å². The highest BCUT2D eigenvalue weighted by Crippen LogP contribution is 2.34. The molecule has 1 saturated heterocycles. The summed E-state index contributed by atoms with van der Waals surface area (Å²) in [6, 6.07) is 18.0. The fourth-order valence-corrected chi connectivity index (χ4v) is 4.18. The molecule has 0 spiro atoms. The second-order valence-electron chi connectivity index (χ2n) is 5.62. The van der Waals surface area contributed by atoms with Crippen LogP contribution in [0.2, 0.25) is 0 Å². The predicted molar refractivity (Wildman–Crippen MR) is 96.2 cm³/mol. The summed E-state index contributed by atoms with van der Waals surface area (Å²) in [5, 5.41) is 1.05. The zero-order valence-electron chi connectivity index (χ0n) is 12.6. The highest BCUT2D eigenvalue weighted by atomic mass is 32.2. The molecule has 3 aromatic rings. The largest absolute Gasteiger partial charge is 0.340 e. The number of hydrogen-bond donors (Lipinski definition) is 1. The minimum Gasteiger partial charge on any atom is -0.340 e. The van der Waals surface area contributed by atoms with Crippen LogP contribution in [0.3, 0.4) is 0 Å². The van der Waals surface area contributed by atoms with Crippen LogP contribution in [0.25, 0.3) is 10.9 Å². The van der Waals surface area contributed by atoms with Gasteiger partial charge in [-0.25, -0.2) is 4.98 Å². The number of H-pyrrole nitrogens is 1. The van der Waals surface area contributed by atoms with Gasteiger partial charge in [0.15, 0.2) is 0 Å². The number of para-hydroxylation sites is 1. The van der Waals surface area contributed by atoms with Crippen molar-refractivity contribution in [3.8, 4) is 0 Å². The lowest BCUT2D eigenvalue weighted by Gasteiger charge is -2.33. The van der Waals surface area contributed by atoms with E-state index in [2.05, 4.69) is 39.1 Å². The van der Waals surface area contributed by atoms with Gasteiger partial charge in [0.1, 0.15) is 0 Å². The molecule has 1 aromatic heterocycles. The van der Waals surface area contributed by atoms with Gasteiger partial charge in [-0.2, -0.15) is 11.8 Å². The van der Waals surface area contributed by atoms with E-state index in [0.29, 0.717) is 16.6 Å². The van der Waals surface area contributed by atoms with E-state index in [9.17, 15) is 4.79 Å². The molecule has 1 N–H and O–H groups in total. The summed E-state index contributed by atoms with van der Waals surface area (Å²) in [5.74, 6) is 1.70. The first-order valence-electron chi connectivity index (χ1n) is 7.72. The average molecular weight is 323 g/mol. The number of anilines is 1. The van der Waals surface area contributed by atoms with E-state index < -0.39 is 0 Å². The van der Waals surface area contributed by atoms with Crippen molar-refractivity contribution in [1.82, 2.24) is 9.97 Å². The summed E-state index contributed by atoms with van der Waals surface area (Å²) in [7, 11) is 0. The van der Waals surface area contributed by atoms with Crippen molar-refractivity contribution >= 4 is 28.6 Å². The predicted octanol–water partition coefficient (Wildman–Crippen LogP) is 3.22. The van der Waals surface area contributed by atoms with Gasteiger partial charge in [0.2, 0.25) is 5.95 Å². The first-order valence-corrected chi connectivity index (χ1v) is 8.77. The standard InChI is InChI=1S/C18H17N3OS/c22-17-14-8-4-5-9-15(14)19-18(20-17)21-10-11-23-16(12-21)13-6-2-1-3-7-13/h1-9,16H,10-12H2,(H,19,20,22)/t16-/m0/s1. The van der Waals surface area contributed by atoms with Crippen LogP contribution in [0.1, 0.15) is 10.8 Å². The number of nitrogens with one attached hydrogen (secondary N) is 1. The van der Waals surface area contributed by atoms with E-state index in [0.717, 1.165) is 24.4 Å². The van der Waals surface area contributed by atoms with E-state index in [-0.39, 0.29) is 5.56 Å².